The van der Waals surface area contributed by atoms with Crippen LogP contribution in [0.15, 0.2) is 48.7 Å². The van der Waals surface area contributed by atoms with Crippen molar-refractivity contribution in [3.8, 4) is 11.1 Å². The van der Waals surface area contributed by atoms with Crippen LogP contribution in [0.25, 0.3) is 22.0 Å². The topological polar surface area (TPSA) is 36.1 Å². The third kappa shape index (κ3) is 2.69. The Morgan fingerprint density at radius 1 is 1.21 bits per heavy atom. The molecule has 4 heteroatoms. The third-order valence-corrected chi connectivity index (χ3v) is 5.28. The monoisotopic (exact) mass is 338 g/mol. The summed E-state index contributed by atoms with van der Waals surface area (Å²) in [4.78, 5) is 16.6. The van der Waals surface area contributed by atoms with Crippen LogP contribution in [-0.2, 0) is 4.79 Å². The molecular formula is C20H19ClN2O. The molecule has 0 bridgehead atoms. The fourth-order valence-corrected chi connectivity index (χ4v) is 3.82. The number of carbonyl (C=O) groups is 1. The summed E-state index contributed by atoms with van der Waals surface area (Å²) in [5.74, 6) is 0.603. The Morgan fingerprint density at radius 2 is 2.00 bits per heavy atom. The van der Waals surface area contributed by atoms with Gasteiger partial charge in [0.25, 0.3) is 0 Å². The maximum absolute atomic E-state index is 11.5. The van der Waals surface area contributed by atoms with Crippen molar-refractivity contribution in [1.82, 2.24) is 9.88 Å². The molecule has 122 valence electrons. The molecule has 0 aliphatic carbocycles. The number of amides is 1. The lowest BCUT2D eigenvalue weighted by Crippen LogP contribution is -2.25. The number of hydrogen-bond donors (Lipinski definition) is 1. The van der Waals surface area contributed by atoms with Crippen LogP contribution in [0, 0.1) is 0 Å². The fourth-order valence-electron chi connectivity index (χ4n) is 3.55. The summed E-state index contributed by atoms with van der Waals surface area (Å²) in [6, 6.07) is 14.7. The molecule has 0 saturated carbocycles. The molecule has 3 aromatic rings. The van der Waals surface area contributed by atoms with E-state index in [0.717, 1.165) is 46.6 Å². The maximum Gasteiger partial charge on any atom is 0.219 e. The summed E-state index contributed by atoms with van der Waals surface area (Å²) in [6.07, 6.45) is 2.96. The van der Waals surface area contributed by atoms with Gasteiger partial charge in [0.2, 0.25) is 5.91 Å². The third-order valence-electron chi connectivity index (χ3n) is 4.97. The van der Waals surface area contributed by atoms with Gasteiger partial charge in [0, 0.05) is 48.6 Å². The van der Waals surface area contributed by atoms with Crippen molar-refractivity contribution in [2.75, 3.05) is 13.1 Å². The fraction of sp³-hybridized carbons (Fsp3) is 0.250. The molecule has 0 radical (unpaired) electrons. The number of fused-ring (bicyclic) bond motifs is 1. The van der Waals surface area contributed by atoms with Crippen LogP contribution in [0.5, 0.6) is 0 Å². The summed E-state index contributed by atoms with van der Waals surface area (Å²) < 4.78 is 0. The summed E-state index contributed by atoms with van der Waals surface area (Å²) in [5, 5.41) is 1.91. The first-order valence-corrected chi connectivity index (χ1v) is 8.62. The lowest BCUT2D eigenvalue weighted by molar-refractivity contribution is -0.127. The maximum atomic E-state index is 11.5. The van der Waals surface area contributed by atoms with E-state index in [9.17, 15) is 4.79 Å². The van der Waals surface area contributed by atoms with E-state index in [1.807, 2.05) is 17.2 Å². The molecule has 3 nitrogen and oxygen atoms in total. The van der Waals surface area contributed by atoms with Crippen molar-refractivity contribution in [2.45, 2.75) is 19.3 Å². The first-order valence-electron chi connectivity index (χ1n) is 8.24. The molecule has 2 heterocycles. The number of aromatic amines is 1. The molecule has 1 aliphatic heterocycles. The van der Waals surface area contributed by atoms with Crippen LogP contribution in [-0.4, -0.2) is 28.9 Å². The molecule has 1 aliphatic rings. The molecule has 1 saturated heterocycles. The van der Waals surface area contributed by atoms with Gasteiger partial charge in [-0.05, 0) is 35.7 Å². The molecule has 24 heavy (non-hydrogen) atoms. The predicted octanol–water partition coefficient (Wildman–Crippen LogP) is 4.82. The lowest BCUT2D eigenvalue weighted by Gasteiger charge is -2.14. The van der Waals surface area contributed by atoms with Crippen LogP contribution in [0.4, 0.5) is 0 Å². The summed E-state index contributed by atoms with van der Waals surface area (Å²) in [7, 11) is 0. The number of aromatic nitrogens is 1. The van der Waals surface area contributed by atoms with Crippen molar-refractivity contribution in [1.29, 1.82) is 0 Å². The molecule has 1 atom stereocenters. The number of nitrogens with zero attached hydrogens (tertiary/aromatic N) is 1. The second-order valence-electron chi connectivity index (χ2n) is 6.47. The Hall–Kier alpha value is -2.26. The molecule has 1 aromatic heterocycles. The highest BCUT2D eigenvalue weighted by molar-refractivity contribution is 6.34. The standard InChI is InChI=1S/C20H19ClN2O/c1-13(24)23-9-7-17(12-23)14-2-4-15(5-3-14)18-10-16-6-8-22-20(16)11-19(18)21/h2-6,8,10-11,17,22H,7,9,12H2,1H3. The van der Waals surface area contributed by atoms with Gasteiger partial charge in [-0.15, -0.1) is 0 Å². The number of halogens is 1. The minimum Gasteiger partial charge on any atom is -0.361 e. The highest BCUT2D eigenvalue weighted by atomic mass is 35.5. The van der Waals surface area contributed by atoms with Gasteiger partial charge >= 0.3 is 0 Å². The SMILES string of the molecule is CC(=O)N1CCC(c2ccc(-c3cc4cc[nH]c4cc3Cl)cc2)C1. The lowest BCUT2D eigenvalue weighted by atomic mass is 9.95. The second-order valence-corrected chi connectivity index (χ2v) is 6.88. The summed E-state index contributed by atoms with van der Waals surface area (Å²) in [6.45, 7) is 3.33. The van der Waals surface area contributed by atoms with Crippen molar-refractivity contribution < 1.29 is 4.79 Å². The average molecular weight is 339 g/mol. The number of benzene rings is 2. The van der Waals surface area contributed by atoms with Crippen LogP contribution < -0.4 is 0 Å². The zero-order valence-corrected chi connectivity index (χ0v) is 14.3. The highest BCUT2D eigenvalue weighted by Crippen LogP contribution is 2.34. The number of likely N-dealkylation sites (tertiary alicyclic amines) is 1. The van der Waals surface area contributed by atoms with E-state index in [1.54, 1.807) is 6.92 Å². The van der Waals surface area contributed by atoms with E-state index < -0.39 is 0 Å². The smallest absolute Gasteiger partial charge is 0.219 e. The predicted molar refractivity (Wildman–Crippen MR) is 98.4 cm³/mol. The van der Waals surface area contributed by atoms with Crippen molar-refractivity contribution in [3.63, 3.8) is 0 Å². The Morgan fingerprint density at radius 3 is 2.71 bits per heavy atom. The zero-order valence-electron chi connectivity index (χ0n) is 13.6. The number of rotatable bonds is 2. The molecule has 1 unspecified atom stereocenters. The van der Waals surface area contributed by atoms with E-state index >= 15 is 0 Å². The van der Waals surface area contributed by atoms with Gasteiger partial charge in [-0.2, -0.15) is 0 Å². The van der Waals surface area contributed by atoms with Crippen LogP contribution in [0.1, 0.15) is 24.8 Å². The van der Waals surface area contributed by atoms with E-state index in [-0.39, 0.29) is 5.91 Å². The summed E-state index contributed by atoms with van der Waals surface area (Å²) >= 11 is 6.45. The Labute approximate surface area is 146 Å². The molecule has 1 N–H and O–H groups in total. The van der Waals surface area contributed by atoms with E-state index in [4.69, 9.17) is 11.6 Å². The van der Waals surface area contributed by atoms with Gasteiger partial charge in [-0.25, -0.2) is 0 Å². The quantitative estimate of drug-likeness (QED) is 0.714. The minimum atomic E-state index is 0.167. The highest BCUT2D eigenvalue weighted by Gasteiger charge is 2.25. The molecule has 0 spiro atoms. The zero-order chi connectivity index (χ0) is 16.7. The number of hydrogen-bond acceptors (Lipinski definition) is 1. The van der Waals surface area contributed by atoms with Crippen LogP contribution in [0.2, 0.25) is 5.02 Å². The van der Waals surface area contributed by atoms with E-state index in [1.165, 1.54) is 5.56 Å². The number of carbonyl (C=O) groups excluding carboxylic acids is 1. The normalized spacial score (nSPS) is 17.6. The number of H-pyrrole nitrogens is 1. The summed E-state index contributed by atoms with van der Waals surface area (Å²) in [5.41, 5.74) is 4.51. The van der Waals surface area contributed by atoms with Gasteiger partial charge in [-0.3, -0.25) is 4.79 Å². The Kier molecular flexibility index (Phi) is 3.81. The molecule has 1 amide bonds. The van der Waals surface area contributed by atoms with Crippen molar-refractivity contribution >= 4 is 28.4 Å². The van der Waals surface area contributed by atoms with Gasteiger partial charge in [0.15, 0.2) is 0 Å². The van der Waals surface area contributed by atoms with Crippen LogP contribution >= 0.6 is 11.6 Å². The first-order chi connectivity index (χ1) is 11.6. The molecule has 2 aromatic carbocycles. The van der Waals surface area contributed by atoms with Gasteiger partial charge in [0.05, 0.1) is 5.02 Å². The number of nitrogens with one attached hydrogen (secondary N) is 1. The van der Waals surface area contributed by atoms with Gasteiger partial charge in [-0.1, -0.05) is 35.9 Å². The van der Waals surface area contributed by atoms with Crippen LogP contribution in [0.3, 0.4) is 0 Å². The van der Waals surface area contributed by atoms with Crippen molar-refractivity contribution in [2.24, 2.45) is 0 Å². The Balaban J connectivity index is 1.61. The van der Waals surface area contributed by atoms with Crippen molar-refractivity contribution in [3.05, 3.63) is 59.2 Å². The van der Waals surface area contributed by atoms with Gasteiger partial charge in [0.1, 0.15) is 0 Å². The molecule has 1 fully saturated rings. The first kappa shape index (κ1) is 15.3. The molecule has 4 rings (SSSR count). The van der Waals surface area contributed by atoms with Gasteiger partial charge < -0.3 is 9.88 Å². The average Bonchev–Trinajstić information content (AvgIpc) is 3.23. The minimum absolute atomic E-state index is 0.167. The van der Waals surface area contributed by atoms with E-state index in [0.29, 0.717) is 5.92 Å². The Bertz CT molecular complexity index is 898. The molecular weight excluding hydrogens is 320 g/mol. The van der Waals surface area contributed by atoms with E-state index in [2.05, 4.69) is 41.4 Å². The second kappa shape index (κ2) is 5.99. The largest absolute Gasteiger partial charge is 0.361 e.